The number of rotatable bonds is 2. The smallest absolute Gasteiger partial charge is 0.242 e. The number of amides is 1. The molecule has 0 unspecified atom stereocenters. The molecule has 22 heavy (non-hydrogen) atoms. The Hall–Kier alpha value is -1.71. The fourth-order valence-electron chi connectivity index (χ4n) is 3.55. The number of nitrogens with zero attached hydrogens (tertiary/aromatic N) is 2. The fraction of sp³-hybridized carbons (Fsp3) is 0.611. The molecule has 0 radical (unpaired) electrons. The zero-order chi connectivity index (χ0) is 15.6. The normalized spacial score (nSPS) is 20.8. The van der Waals surface area contributed by atoms with Crippen LogP contribution in [0.15, 0.2) is 24.3 Å². The van der Waals surface area contributed by atoms with E-state index in [0.717, 1.165) is 43.9 Å². The third-order valence-electron chi connectivity index (χ3n) is 4.59. The second kappa shape index (κ2) is 6.19. The molecule has 1 amide bonds. The minimum Gasteiger partial charge on any atom is -0.377 e. The van der Waals surface area contributed by atoms with Gasteiger partial charge in [0.25, 0.3) is 0 Å². The average molecular weight is 301 g/mol. The number of nitrogens with one attached hydrogen (secondary N) is 1. The summed E-state index contributed by atoms with van der Waals surface area (Å²) in [7, 11) is 0. The maximum absolute atomic E-state index is 12.7. The van der Waals surface area contributed by atoms with E-state index in [-0.39, 0.29) is 11.4 Å². The number of carbonyl (C=O) groups is 1. The van der Waals surface area contributed by atoms with Crippen LogP contribution in [0, 0.1) is 0 Å². The molecular weight excluding hydrogens is 274 g/mol. The quantitative estimate of drug-likeness (QED) is 0.912. The standard InChI is InChI=1S/C18H27N3O/c1-18(2)14-21(16-10-6-5-9-15(16)19-18)13-17(22)20-11-7-3-4-8-12-20/h5-6,9-10,19H,3-4,7-8,11-14H2,1-2H3. The third-order valence-corrected chi connectivity index (χ3v) is 4.59. The largest absolute Gasteiger partial charge is 0.377 e. The highest BCUT2D eigenvalue weighted by molar-refractivity contribution is 5.84. The highest BCUT2D eigenvalue weighted by atomic mass is 16.2. The topological polar surface area (TPSA) is 35.6 Å². The van der Waals surface area contributed by atoms with E-state index in [4.69, 9.17) is 0 Å². The highest BCUT2D eigenvalue weighted by Crippen LogP contribution is 2.34. The molecule has 1 N–H and O–H groups in total. The number of likely N-dealkylation sites (tertiary alicyclic amines) is 1. The minimum atomic E-state index is -0.0204. The van der Waals surface area contributed by atoms with Crippen LogP contribution in [0.4, 0.5) is 11.4 Å². The Morgan fingerprint density at radius 3 is 2.55 bits per heavy atom. The van der Waals surface area contributed by atoms with Gasteiger partial charge in [0, 0.05) is 25.2 Å². The zero-order valence-electron chi connectivity index (χ0n) is 13.8. The first-order chi connectivity index (χ1) is 10.6. The van der Waals surface area contributed by atoms with E-state index in [1.165, 1.54) is 12.8 Å². The molecule has 0 saturated carbocycles. The van der Waals surface area contributed by atoms with Crippen LogP contribution in [-0.4, -0.2) is 42.5 Å². The van der Waals surface area contributed by atoms with Crippen molar-refractivity contribution >= 4 is 17.3 Å². The van der Waals surface area contributed by atoms with Crippen LogP contribution < -0.4 is 10.2 Å². The minimum absolute atomic E-state index is 0.0204. The lowest BCUT2D eigenvalue weighted by atomic mass is 9.99. The van der Waals surface area contributed by atoms with Crippen LogP contribution >= 0.6 is 0 Å². The number of hydrogen-bond donors (Lipinski definition) is 1. The number of carbonyl (C=O) groups excluding carboxylic acids is 1. The van der Waals surface area contributed by atoms with Crippen LogP contribution in [-0.2, 0) is 4.79 Å². The van der Waals surface area contributed by atoms with Gasteiger partial charge in [-0.15, -0.1) is 0 Å². The zero-order valence-corrected chi connectivity index (χ0v) is 13.8. The molecule has 4 nitrogen and oxygen atoms in total. The van der Waals surface area contributed by atoms with Gasteiger partial charge < -0.3 is 15.1 Å². The predicted octanol–water partition coefficient (Wildman–Crippen LogP) is 3.10. The van der Waals surface area contributed by atoms with Gasteiger partial charge in [-0.2, -0.15) is 0 Å². The van der Waals surface area contributed by atoms with Crippen LogP contribution in [0.5, 0.6) is 0 Å². The fourth-order valence-corrected chi connectivity index (χ4v) is 3.55. The summed E-state index contributed by atoms with van der Waals surface area (Å²) < 4.78 is 0. The summed E-state index contributed by atoms with van der Waals surface area (Å²) >= 11 is 0. The monoisotopic (exact) mass is 301 g/mol. The molecule has 2 heterocycles. The van der Waals surface area contributed by atoms with Gasteiger partial charge in [-0.05, 0) is 38.8 Å². The van der Waals surface area contributed by atoms with Crippen molar-refractivity contribution in [3.05, 3.63) is 24.3 Å². The highest BCUT2D eigenvalue weighted by Gasteiger charge is 2.31. The van der Waals surface area contributed by atoms with E-state index in [9.17, 15) is 4.79 Å². The van der Waals surface area contributed by atoms with Crippen LogP contribution in [0.1, 0.15) is 39.5 Å². The summed E-state index contributed by atoms with van der Waals surface area (Å²) in [5.41, 5.74) is 2.25. The van der Waals surface area contributed by atoms with Crippen LogP contribution in [0.25, 0.3) is 0 Å². The Morgan fingerprint density at radius 1 is 1.14 bits per heavy atom. The second-order valence-electron chi connectivity index (χ2n) is 7.18. The van der Waals surface area contributed by atoms with Gasteiger partial charge in [0.15, 0.2) is 0 Å². The summed E-state index contributed by atoms with van der Waals surface area (Å²) in [4.78, 5) is 17.0. The first kappa shape index (κ1) is 15.2. The van der Waals surface area contributed by atoms with Gasteiger partial charge in [0.2, 0.25) is 5.91 Å². The Bertz CT molecular complexity index is 533. The second-order valence-corrected chi connectivity index (χ2v) is 7.18. The summed E-state index contributed by atoms with van der Waals surface area (Å²) in [5, 5.41) is 3.56. The molecule has 3 rings (SSSR count). The van der Waals surface area contributed by atoms with Crippen molar-refractivity contribution in [1.29, 1.82) is 0 Å². The first-order valence-corrected chi connectivity index (χ1v) is 8.45. The lowest BCUT2D eigenvalue weighted by Crippen LogP contribution is -2.51. The van der Waals surface area contributed by atoms with Crippen LogP contribution in [0.2, 0.25) is 0 Å². The van der Waals surface area contributed by atoms with E-state index in [2.05, 4.69) is 41.1 Å². The van der Waals surface area contributed by atoms with Crippen LogP contribution in [0.3, 0.4) is 0 Å². The average Bonchev–Trinajstić information content (AvgIpc) is 2.75. The van der Waals surface area contributed by atoms with Gasteiger partial charge in [-0.3, -0.25) is 4.79 Å². The van der Waals surface area contributed by atoms with Gasteiger partial charge in [0.1, 0.15) is 0 Å². The maximum Gasteiger partial charge on any atom is 0.242 e. The van der Waals surface area contributed by atoms with Crippen molar-refractivity contribution in [3.63, 3.8) is 0 Å². The summed E-state index contributed by atoms with van der Waals surface area (Å²) in [6.07, 6.45) is 4.81. The predicted molar refractivity (Wildman–Crippen MR) is 91.4 cm³/mol. The lowest BCUT2D eigenvalue weighted by Gasteiger charge is -2.42. The molecule has 120 valence electrons. The summed E-state index contributed by atoms with van der Waals surface area (Å²) in [6, 6.07) is 8.29. The number of para-hydroxylation sites is 2. The number of anilines is 2. The molecule has 1 fully saturated rings. The molecule has 4 heteroatoms. The first-order valence-electron chi connectivity index (χ1n) is 8.45. The van der Waals surface area contributed by atoms with E-state index < -0.39 is 0 Å². The molecule has 0 aliphatic carbocycles. The van der Waals surface area contributed by atoms with Crippen molar-refractivity contribution in [2.45, 2.75) is 45.1 Å². The van der Waals surface area contributed by atoms with E-state index in [0.29, 0.717) is 6.54 Å². The third kappa shape index (κ3) is 3.37. The van der Waals surface area contributed by atoms with Crippen molar-refractivity contribution < 1.29 is 4.79 Å². The molecule has 0 bridgehead atoms. The Balaban J connectivity index is 1.75. The van der Waals surface area contributed by atoms with E-state index >= 15 is 0 Å². The lowest BCUT2D eigenvalue weighted by molar-refractivity contribution is -0.129. The number of hydrogen-bond acceptors (Lipinski definition) is 3. The molecular formula is C18H27N3O. The Kier molecular flexibility index (Phi) is 4.27. The summed E-state index contributed by atoms with van der Waals surface area (Å²) in [5.74, 6) is 0.273. The maximum atomic E-state index is 12.7. The number of benzene rings is 1. The van der Waals surface area contributed by atoms with Crippen molar-refractivity contribution in [2.24, 2.45) is 0 Å². The Labute approximate surface area is 133 Å². The molecule has 0 atom stereocenters. The van der Waals surface area contributed by atoms with Gasteiger partial charge >= 0.3 is 0 Å². The number of fused-ring (bicyclic) bond motifs is 1. The summed E-state index contributed by atoms with van der Waals surface area (Å²) in [6.45, 7) is 7.57. The van der Waals surface area contributed by atoms with Gasteiger partial charge in [0.05, 0.1) is 17.9 Å². The molecule has 1 aromatic rings. The van der Waals surface area contributed by atoms with Crippen molar-refractivity contribution in [1.82, 2.24) is 4.90 Å². The van der Waals surface area contributed by atoms with E-state index in [1.54, 1.807) is 0 Å². The molecule has 1 saturated heterocycles. The Morgan fingerprint density at radius 2 is 1.82 bits per heavy atom. The molecule has 2 aliphatic heterocycles. The van der Waals surface area contributed by atoms with Crippen molar-refractivity contribution in [3.8, 4) is 0 Å². The molecule has 1 aromatic carbocycles. The van der Waals surface area contributed by atoms with E-state index in [1.807, 2.05) is 12.1 Å². The van der Waals surface area contributed by atoms with Gasteiger partial charge in [-0.1, -0.05) is 25.0 Å². The van der Waals surface area contributed by atoms with Crippen molar-refractivity contribution in [2.75, 3.05) is 36.4 Å². The molecule has 0 aromatic heterocycles. The molecule has 2 aliphatic rings. The molecule has 0 spiro atoms. The SMILES string of the molecule is CC1(C)CN(CC(=O)N2CCCCCC2)c2ccccc2N1. The van der Waals surface area contributed by atoms with Gasteiger partial charge in [-0.25, -0.2) is 0 Å².